The summed E-state index contributed by atoms with van der Waals surface area (Å²) in [6.07, 6.45) is 1.09. The maximum absolute atomic E-state index is 12.1. The number of unbranched alkanes of at least 4 members (excludes halogenated alkanes) is 1. The van der Waals surface area contributed by atoms with Crippen LogP contribution in [0.25, 0.3) is 0 Å². The molecule has 0 unspecified atom stereocenters. The van der Waals surface area contributed by atoms with Gasteiger partial charge in [0.15, 0.2) is 0 Å². The summed E-state index contributed by atoms with van der Waals surface area (Å²) in [7, 11) is -3.16. The highest BCUT2D eigenvalue weighted by molar-refractivity contribution is 7.89. The van der Waals surface area contributed by atoms with E-state index in [1.165, 1.54) is 0 Å². The summed E-state index contributed by atoms with van der Waals surface area (Å²) < 4.78 is 25.8. The van der Waals surface area contributed by atoms with Gasteiger partial charge in [-0.2, -0.15) is 0 Å². The minimum atomic E-state index is -3.16. The lowest BCUT2D eigenvalue weighted by Gasteiger charge is -2.25. The Morgan fingerprint density at radius 3 is 1.82 bits per heavy atom. The van der Waals surface area contributed by atoms with Crippen LogP contribution >= 0.6 is 0 Å². The van der Waals surface area contributed by atoms with E-state index in [0.717, 1.165) is 0 Å². The van der Waals surface area contributed by atoms with Crippen LogP contribution in [0, 0.1) is 11.8 Å². The third kappa shape index (κ3) is 7.73. The van der Waals surface area contributed by atoms with E-state index in [1.807, 2.05) is 27.7 Å². The predicted molar refractivity (Wildman–Crippen MR) is 71.4 cm³/mol. The third-order valence-electron chi connectivity index (χ3n) is 2.34. The Kier molecular flexibility index (Phi) is 8.00. The summed E-state index contributed by atoms with van der Waals surface area (Å²) in [4.78, 5) is 0. The zero-order valence-corrected chi connectivity index (χ0v) is 12.3. The molecule has 0 amide bonds. The van der Waals surface area contributed by atoms with Crippen molar-refractivity contribution in [2.24, 2.45) is 11.8 Å². The number of hydrogen-bond acceptors (Lipinski definition) is 3. The van der Waals surface area contributed by atoms with Crippen molar-refractivity contribution in [3.8, 4) is 0 Å². The molecule has 0 bridgehead atoms. The number of aliphatic hydroxyl groups excluding tert-OH is 1. The number of aliphatic hydroxyl groups is 1. The number of sulfonamides is 1. The lowest BCUT2D eigenvalue weighted by molar-refractivity contribution is 0.286. The molecule has 1 N–H and O–H groups in total. The van der Waals surface area contributed by atoms with Gasteiger partial charge in [-0.3, -0.25) is 0 Å². The van der Waals surface area contributed by atoms with Crippen LogP contribution in [-0.4, -0.2) is 43.3 Å². The molecular weight excluding hydrogens is 238 g/mol. The average molecular weight is 265 g/mol. The average Bonchev–Trinajstić information content (AvgIpc) is 2.15. The highest BCUT2D eigenvalue weighted by atomic mass is 32.2. The van der Waals surface area contributed by atoms with Crippen molar-refractivity contribution in [3.05, 3.63) is 0 Å². The Hall–Kier alpha value is -0.130. The molecule has 0 saturated heterocycles. The van der Waals surface area contributed by atoms with Crippen LogP contribution in [-0.2, 0) is 10.0 Å². The molecule has 0 spiro atoms. The third-order valence-corrected chi connectivity index (χ3v) is 4.23. The summed E-state index contributed by atoms with van der Waals surface area (Å²) in [5, 5.41) is 8.68. The van der Waals surface area contributed by atoms with Crippen LogP contribution in [0.5, 0.6) is 0 Å². The summed E-state index contributed by atoms with van der Waals surface area (Å²) in [6.45, 7) is 9.32. The molecule has 4 nitrogen and oxygen atoms in total. The van der Waals surface area contributed by atoms with Gasteiger partial charge in [0.2, 0.25) is 10.0 Å². The second-order valence-electron chi connectivity index (χ2n) is 5.35. The number of nitrogens with zero attached hydrogens (tertiary/aromatic N) is 1. The molecule has 0 aromatic rings. The zero-order valence-electron chi connectivity index (χ0n) is 11.5. The van der Waals surface area contributed by atoms with Crippen molar-refractivity contribution in [3.63, 3.8) is 0 Å². The maximum atomic E-state index is 12.1. The Morgan fingerprint density at radius 2 is 1.47 bits per heavy atom. The highest BCUT2D eigenvalue weighted by Gasteiger charge is 2.22. The smallest absolute Gasteiger partial charge is 0.214 e. The lowest BCUT2D eigenvalue weighted by Crippen LogP contribution is -2.38. The van der Waals surface area contributed by atoms with E-state index in [1.54, 1.807) is 4.31 Å². The van der Waals surface area contributed by atoms with Gasteiger partial charge >= 0.3 is 0 Å². The van der Waals surface area contributed by atoms with Gasteiger partial charge in [0.1, 0.15) is 0 Å². The van der Waals surface area contributed by atoms with Gasteiger partial charge in [-0.25, -0.2) is 12.7 Å². The van der Waals surface area contributed by atoms with Gasteiger partial charge in [-0.05, 0) is 24.7 Å². The first kappa shape index (κ1) is 16.9. The van der Waals surface area contributed by atoms with Crippen LogP contribution in [0.1, 0.15) is 40.5 Å². The normalized spacial score (nSPS) is 12.9. The first-order valence-corrected chi connectivity index (χ1v) is 7.99. The first-order valence-electron chi connectivity index (χ1n) is 6.38. The van der Waals surface area contributed by atoms with E-state index < -0.39 is 10.0 Å². The van der Waals surface area contributed by atoms with E-state index in [-0.39, 0.29) is 12.4 Å². The minimum absolute atomic E-state index is 0.0594. The molecule has 0 atom stereocenters. The van der Waals surface area contributed by atoms with Crippen LogP contribution in [0.4, 0.5) is 0 Å². The maximum Gasteiger partial charge on any atom is 0.214 e. The fourth-order valence-electron chi connectivity index (χ4n) is 1.64. The van der Waals surface area contributed by atoms with Crippen LogP contribution in [0.15, 0.2) is 0 Å². The Morgan fingerprint density at radius 1 is 1.00 bits per heavy atom. The van der Waals surface area contributed by atoms with Gasteiger partial charge < -0.3 is 5.11 Å². The number of rotatable bonds is 9. The molecule has 5 heteroatoms. The fraction of sp³-hybridized carbons (Fsp3) is 1.00. The molecule has 0 heterocycles. The van der Waals surface area contributed by atoms with E-state index in [2.05, 4.69) is 0 Å². The zero-order chi connectivity index (χ0) is 13.5. The Balaban J connectivity index is 4.53. The van der Waals surface area contributed by atoms with Crippen molar-refractivity contribution >= 4 is 10.0 Å². The van der Waals surface area contributed by atoms with Crippen molar-refractivity contribution in [1.29, 1.82) is 0 Å². The molecule has 0 rings (SSSR count). The van der Waals surface area contributed by atoms with Crippen molar-refractivity contribution in [2.45, 2.75) is 40.5 Å². The van der Waals surface area contributed by atoms with Gasteiger partial charge in [0.25, 0.3) is 0 Å². The molecule has 17 heavy (non-hydrogen) atoms. The summed E-state index contributed by atoms with van der Waals surface area (Å²) in [6, 6.07) is 0. The van der Waals surface area contributed by atoms with E-state index >= 15 is 0 Å². The minimum Gasteiger partial charge on any atom is -0.396 e. The molecular formula is C12H27NO3S. The van der Waals surface area contributed by atoms with E-state index in [9.17, 15) is 8.42 Å². The van der Waals surface area contributed by atoms with Gasteiger partial charge in [-0.15, -0.1) is 0 Å². The SMILES string of the molecule is CC(C)CN(CC(C)C)S(=O)(=O)CCCCO. The molecule has 104 valence electrons. The Labute approximate surface area is 106 Å². The van der Waals surface area contributed by atoms with Crippen molar-refractivity contribution in [1.82, 2.24) is 4.31 Å². The fourth-order valence-corrected chi connectivity index (χ4v) is 3.52. The predicted octanol–water partition coefficient (Wildman–Crippen LogP) is 1.70. The molecule has 0 fully saturated rings. The van der Waals surface area contributed by atoms with Crippen LogP contribution in [0.3, 0.4) is 0 Å². The second kappa shape index (κ2) is 8.06. The Bertz CT molecular complexity index is 276. The summed E-state index contributed by atoms with van der Waals surface area (Å²) in [5.74, 6) is 0.815. The van der Waals surface area contributed by atoms with Crippen molar-refractivity contribution in [2.75, 3.05) is 25.4 Å². The molecule has 0 aromatic heterocycles. The quantitative estimate of drug-likeness (QED) is 0.646. The van der Waals surface area contributed by atoms with E-state index in [4.69, 9.17) is 5.11 Å². The molecule has 0 aromatic carbocycles. The molecule has 0 aliphatic carbocycles. The van der Waals surface area contributed by atoms with E-state index in [0.29, 0.717) is 37.8 Å². The second-order valence-corrected chi connectivity index (χ2v) is 7.44. The highest BCUT2D eigenvalue weighted by Crippen LogP contribution is 2.11. The van der Waals surface area contributed by atoms with Gasteiger partial charge in [0, 0.05) is 19.7 Å². The lowest BCUT2D eigenvalue weighted by atomic mass is 10.2. The monoisotopic (exact) mass is 265 g/mol. The topological polar surface area (TPSA) is 57.6 Å². The standard InChI is InChI=1S/C12H27NO3S/c1-11(2)9-13(10-12(3)4)17(15,16)8-6-5-7-14/h11-12,14H,5-10H2,1-4H3. The first-order chi connectivity index (χ1) is 7.79. The summed E-state index contributed by atoms with van der Waals surface area (Å²) in [5.41, 5.74) is 0. The van der Waals surface area contributed by atoms with Gasteiger partial charge in [-0.1, -0.05) is 27.7 Å². The molecule has 0 aliphatic rings. The largest absolute Gasteiger partial charge is 0.396 e. The molecule has 0 radical (unpaired) electrons. The molecule has 0 saturated carbocycles. The van der Waals surface area contributed by atoms with Gasteiger partial charge in [0.05, 0.1) is 5.75 Å². The van der Waals surface area contributed by atoms with Crippen LogP contribution < -0.4 is 0 Å². The molecule has 0 aliphatic heterocycles. The number of hydrogen-bond donors (Lipinski definition) is 1. The van der Waals surface area contributed by atoms with Crippen LogP contribution in [0.2, 0.25) is 0 Å². The van der Waals surface area contributed by atoms with Crippen molar-refractivity contribution < 1.29 is 13.5 Å². The summed E-state index contributed by atoms with van der Waals surface area (Å²) >= 11 is 0.